The molecule has 4 aromatic rings. The third-order valence-corrected chi connectivity index (χ3v) is 6.09. The Morgan fingerprint density at radius 1 is 1.26 bits per heavy atom. The molecule has 0 amide bonds. The van der Waals surface area contributed by atoms with E-state index in [4.69, 9.17) is 25.3 Å². The van der Waals surface area contributed by atoms with Crippen molar-refractivity contribution in [2.45, 2.75) is 38.6 Å². The van der Waals surface area contributed by atoms with Crippen LogP contribution in [0.1, 0.15) is 44.5 Å². The van der Waals surface area contributed by atoms with Crippen LogP contribution in [0.4, 0.5) is 17.6 Å². The van der Waals surface area contributed by atoms with Gasteiger partial charge in [-0.3, -0.25) is 4.68 Å². The fourth-order valence-corrected chi connectivity index (χ4v) is 4.33. The summed E-state index contributed by atoms with van der Waals surface area (Å²) in [6.45, 7) is 7.92. The van der Waals surface area contributed by atoms with Crippen LogP contribution in [0.15, 0.2) is 36.5 Å². The highest BCUT2D eigenvalue weighted by atomic mass is 16.5. The molecule has 4 heterocycles. The van der Waals surface area contributed by atoms with Crippen LogP contribution in [0.5, 0.6) is 11.5 Å². The molecule has 1 atom stereocenters. The van der Waals surface area contributed by atoms with Crippen LogP contribution in [0.25, 0.3) is 11.0 Å². The minimum atomic E-state index is -0.0849. The summed E-state index contributed by atoms with van der Waals surface area (Å²) in [6.07, 6.45) is 2.50. The molecule has 0 unspecified atom stereocenters. The van der Waals surface area contributed by atoms with Crippen LogP contribution in [-0.4, -0.2) is 37.5 Å². The molecule has 1 aliphatic heterocycles. The SMILES string of the molecule is Cn1c(Nc2cc(C(C)(C)C)n([C@H]3CCOC3)n2)nc2ccc(Oc3ccnc(N)c3)c(C#N)c21. The van der Waals surface area contributed by atoms with Crippen LogP contribution in [-0.2, 0) is 17.2 Å². The number of aromatic nitrogens is 5. The summed E-state index contributed by atoms with van der Waals surface area (Å²) < 4.78 is 15.5. The monoisotopic (exact) mass is 472 g/mol. The maximum atomic E-state index is 9.97. The van der Waals surface area contributed by atoms with Crippen molar-refractivity contribution >= 4 is 28.6 Å². The van der Waals surface area contributed by atoms with Crippen molar-refractivity contribution < 1.29 is 9.47 Å². The largest absolute Gasteiger partial charge is 0.456 e. The number of nitrogens with zero attached hydrogens (tertiary/aromatic N) is 6. The van der Waals surface area contributed by atoms with Gasteiger partial charge in [0.15, 0.2) is 5.82 Å². The highest BCUT2D eigenvalue weighted by Gasteiger charge is 2.28. The molecule has 0 saturated carbocycles. The third kappa shape index (κ3) is 4.26. The Morgan fingerprint density at radius 3 is 2.77 bits per heavy atom. The molecule has 5 rings (SSSR count). The van der Waals surface area contributed by atoms with E-state index in [1.165, 1.54) is 0 Å². The molecule has 35 heavy (non-hydrogen) atoms. The molecule has 1 aliphatic rings. The highest BCUT2D eigenvalue weighted by Crippen LogP contribution is 2.34. The molecule has 3 aromatic heterocycles. The number of nitrogens with one attached hydrogen (secondary N) is 1. The van der Waals surface area contributed by atoms with Crippen molar-refractivity contribution in [3.8, 4) is 17.6 Å². The van der Waals surface area contributed by atoms with Gasteiger partial charge in [0.2, 0.25) is 5.95 Å². The van der Waals surface area contributed by atoms with Crippen LogP contribution in [0.2, 0.25) is 0 Å². The second-order valence-electron chi connectivity index (χ2n) is 9.68. The molecule has 1 saturated heterocycles. The van der Waals surface area contributed by atoms with E-state index in [0.29, 0.717) is 52.3 Å². The number of ether oxygens (including phenoxy) is 2. The van der Waals surface area contributed by atoms with Gasteiger partial charge in [0.05, 0.1) is 23.7 Å². The maximum absolute atomic E-state index is 9.97. The third-order valence-electron chi connectivity index (χ3n) is 6.09. The lowest BCUT2D eigenvalue weighted by Crippen LogP contribution is -2.22. The Kier molecular flexibility index (Phi) is 5.57. The first-order valence-electron chi connectivity index (χ1n) is 11.5. The first-order valence-corrected chi connectivity index (χ1v) is 11.5. The fourth-order valence-electron chi connectivity index (χ4n) is 4.33. The predicted octanol–water partition coefficient (Wildman–Crippen LogP) is 4.41. The van der Waals surface area contributed by atoms with Gasteiger partial charge in [-0.05, 0) is 24.6 Å². The molecule has 0 spiro atoms. The average Bonchev–Trinajstić information content (AvgIpc) is 3.54. The summed E-state index contributed by atoms with van der Waals surface area (Å²) in [7, 11) is 1.86. The standard InChI is InChI=1S/C25H28N8O2/c1-25(2,3)20-12-22(31-33(20)15-8-10-34-14-15)30-24-29-18-5-6-19(17(13-26)23(18)32(24)4)35-16-7-9-28-21(27)11-16/h5-7,9,11-12,15H,8,10,14H2,1-4H3,(H2,27,28)(H,29,30,31)/t15-/m0/s1. The molecule has 3 N–H and O–H groups in total. The van der Waals surface area contributed by atoms with Crippen LogP contribution in [0.3, 0.4) is 0 Å². The number of nitriles is 1. The Hall–Kier alpha value is -4.10. The smallest absolute Gasteiger partial charge is 0.209 e. The van der Waals surface area contributed by atoms with E-state index in [-0.39, 0.29) is 11.5 Å². The lowest BCUT2D eigenvalue weighted by atomic mass is 9.91. The minimum Gasteiger partial charge on any atom is -0.456 e. The van der Waals surface area contributed by atoms with Gasteiger partial charge in [0, 0.05) is 43.1 Å². The van der Waals surface area contributed by atoms with Gasteiger partial charge in [-0.2, -0.15) is 10.4 Å². The van der Waals surface area contributed by atoms with E-state index < -0.39 is 0 Å². The summed E-state index contributed by atoms with van der Waals surface area (Å²) in [5, 5.41) is 18.2. The van der Waals surface area contributed by atoms with E-state index in [1.54, 1.807) is 24.4 Å². The summed E-state index contributed by atoms with van der Waals surface area (Å²) in [4.78, 5) is 8.69. The summed E-state index contributed by atoms with van der Waals surface area (Å²) in [5.74, 6) is 2.54. The van der Waals surface area contributed by atoms with Crippen LogP contribution < -0.4 is 15.8 Å². The number of rotatable bonds is 5. The molecule has 10 heteroatoms. The Balaban J connectivity index is 1.51. The number of hydrogen-bond acceptors (Lipinski definition) is 8. The molecule has 1 aromatic carbocycles. The van der Waals surface area contributed by atoms with E-state index in [9.17, 15) is 5.26 Å². The molecule has 10 nitrogen and oxygen atoms in total. The molecule has 0 aliphatic carbocycles. The van der Waals surface area contributed by atoms with Crippen molar-refractivity contribution in [1.29, 1.82) is 5.26 Å². The number of imidazole rings is 1. The van der Waals surface area contributed by atoms with Gasteiger partial charge in [-0.25, -0.2) is 9.97 Å². The zero-order valence-electron chi connectivity index (χ0n) is 20.2. The first-order chi connectivity index (χ1) is 16.7. The summed E-state index contributed by atoms with van der Waals surface area (Å²) in [6, 6.07) is 11.4. The fraction of sp³-hybridized carbons (Fsp3) is 0.360. The minimum absolute atomic E-state index is 0.0849. The quantitative estimate of drug-likeness (QED) is 0.437. The Bertz CT molecular complexity index is 1430. The molecule has 0 radical (unpaired) electrons. The summed E-state index contributed by atoms with van der Waals surface area (Å²) in [5.41, 5.74) is 8.51. The van der Waals surface area contributed by atoms with Gasteiger partial charge in [-0.15, -0.1) is 0 Å². The van der Waals surface area contributed by atoms with Gasteiger partial charge < -0.3 is 25.1 Å². The maximum Gasteiger partial charge on any atom is 0.209 e. The number of nitrogen functional groups attached to an aromatic ring is 1. The molecular weight excluding hydrogens is 444 g/mol. The van der Waals surface area contributed by atoms with Crippen molar-refractivity contribution in [3.05, 3.63) is 47.8 Å². The highest BCUT2D eigenvalue weighted by molar-refractivity contribution is 5.87. The molecule has 1 fully saturated rings. The Labute approximate surface area is 203 Å². The second kappa shape index (κ2) is 8.60. The van der Waals surface area contributed by atoms with E-state index >= 15 is 0 Å². The molecule has 180 valence electrons. The number of aryl methyl sites for hydroxylation is 1. The van der Waals surface area contributed by atoms with Gasteiger partial charge in [0.1, 0.15) is 28.9 Å². The lowest BCUT2D eigenvalue weighted by molar-refractivity contribution is 0.183. The Morgan fingerprint density at radius 2 is 2.09 bits per heavy atom. The van der Waals surface area contributed by atoms with E-state index in [0.717, 1.165) is 18.7 Å². The number of pyridine rings is 1. The van der Waals surface area contributed by atoms with Crippen molar-refractivity contribution in [2.75, 3.05) is 24.3 Å². The zero-order valence-corrected chi connectivity index (χ0v) is 20.2. The molecular formula is C25H28N8O2. The van der Waals surface area contributed by atoms with Gasteiger partial charge in [0.25, 0.3) is 0 Å². The van der Waals surface area contributed by atoms with Gasteiger partial charge >= 0.3 is 0 Å². The zero-order chi connectivity index (χ0) is 24.7. The number of fused-ring (bicyclic) bond motifs is 1. The average molecular weight is 473 g/mol. The summed E-state index contributed by atoms with van der Waals surface area (Å²) >= 11 is 0. The topological polar surface area (TPSA) is 129 Å². The van der Waals surface area contributed by atoms with Crippen molar-refractivity contribution in [2.24, 2.45) is 7.05 Å². The lowest BCUT2D eigenvalue weighted by Gasteiger charge is -2.22. The predicted molar refractivity (Wildman–Crippen MR) is 133 cm³/mol. The molecule has 0 bridgehead atoms. The normalized spacial score (nSPS) is 15.9. The van der Waals surface area contributed by atoms with Crippen molar-refractivity contribution in [1.82, 2.24) is 24.3 Å². The van der Waals surface area contributed by atoms with Crippen LogP contribution >= 0.6 is 0 Å². The number of nitrogens with two attached hydrogens (primary N) is 1. The van der Waals surface area contributed by atoms with Gasteiger partial charge in [-0.1, -0.05) is 20.8 Å². The first kappa shape index (κ1) is 22.7. The number of benzene rings is 1. The van der Waals surface area contributed by atoms with E-state index in [2.05, 4.69) is 47.9 Å². The van der Waals surface area contributed by atoms with Crippen molar-refractivity contribution in [3.63, 3.8) is 0 Å². The number of hydrogen-bond donors (Lipinski definition) is 2. The van der Waals surface area contributed by atoms with E-state index in [1.807, 2.05) is 17.7 Å². The second-order valence-corrected chi connectivity index (χ2v) is 9.68. The number of anilines is 3. The van der Waals surface area contributed by atoms with Crippen LogP contribution in [0, 0.1) is 11.3 Å².